The lowest BCUT2D eigenvalue weighted by atomic mass is 10.3. The number of hydrogen-bond donors (Lipinski definition) is 2. The van der Waals surface area contributed by atoms with Crippen molar-refractivity contribution in [2.75, 3.05) is 11.9 Å². The number of rotatable bonds is 4. The summed E-state index contributed by atoms with van der Waals surface area (Å²) in [6, 6.07) is 10.5. The number of nitrogens with one attached hydrogen (secondary N) is 2. The fourth-order valence-electron chi connectivity index (χ4n) is 2.18. The van der Waals surface area contributed by atoms with E-state index in [2.05, 4.69) is 15.3 Å². The van der Waals surface area contributed by atoms with Crippen LogP contribution in [0.25, 0.3) is 16.7 Å². The Balaban J connectivity index is 1.92. The minimum atomic E-state index is -2.81. The number of pyridine rings is 1. The van der Waals surface area contributed by atoms with Crippen molar-refractivity contribution in [3.63, 3.8) is 0 Å². The topological polar surface area (TPSA) is 62.7 Å². The Bertz CT molecular complexity index is 846. The van der Waals surface area contributed by atoms with Gasteiger partial charge in [-0.25, -0.2) is 18.6 Å². The molecule has 1 aromatic carbocycles. The molecule has 5 nitrogen and oxygen atoms in total. The molecule has 22 heavy (non-hydrogen) atoms. The lowest BCUT2D eigenvalue weighted by molar-refractivity contribution is 0.0367. The molecule has 0 saturated carbocycles. The summed E-state index contributed by atoms with van der Waals surface area (Å²) >= 11 is 0. The van der Waals surface area contributed by atoms with Crippen molar-refractivity contribution in [1.29, 1.82) is 0 Å². The number of fused-ring (bicyclic) bond motifs is 1. The first-order valence-electron chi connectivity index (χ1n) is 6.72. The predicted molar refractivity (Wildman–Crippen MR) is 80.8 cm³/mol. The average molecular weight is 304 g/mol. The number of imidazole rings is 1. The third-order valence-corrected chi connectivity index (χ3v) is 3.18. The minimum Gasteiger partial charge on any atom is -0.364 e. The standard InChI is InChI=1S/C15H14F2N4O/c1-15(16,17)9-19-13-7-6-10(8-18-13)21-12-5-3-2-4-11(12)20-14(21)22/h2-8H,9H2,1H3,(H,18,19)(H,20,22). The molecule has 3 aromatic rings. The molecule has 0 unspecified atom stereocenters. The van der Waals surface area contributed by atoms with Gasteiger partial charge in [0.1, 0.15) is 5.82 Å². The Morgan fingerprint density at radius 1 is 1.27 bits per heavy atom. The molecule has 114 valence electrons. The predicted octanol–water partition coefficient (Wildman–Crippen LogP) is 2.78. The summed E-state index contributed by atoms with van der Waals surface area (Å²) in [5, 5.41) is 2.55. The van der Waals surface area contributed by atoms with Crippen LogP contribution in [-0.4, -0.2) is 27.0 Å². The molecule has 0 amide bonds. The number of alkyl halides is 2. The van der Waals surface area contributed by atoms with Crippen LogP contribution in [0.4, 0.5) is 14.6 Å². The molecule has 0 fully saturated rings. The van der Waals surface area contributed by atoms with Crippen LogP contribution < -0.4 is 11.0 Å². The first kappa shape index (κ1) is 14.2. The molecule has 2 heterocycles. The number of H-pyrrole nitrogens is 1. The van der Waals surface area contributed by atoms with Crippen molar-refractivity contribution in [2.24, 2.45) is 0 Å². The van der Waals surface area contributed by atoms with E-state index < -0.39 is 12.5 Å². The number of anilines is 1. The molecule has 0 bridgehead atoms. The van der Waals surface area contributed by atoms with Crippen LogP contribution >= 0.6 is 0 Å². The molecular formula is C15H14F2N4O. The number of benzene rings is 1. The molecule has 7 heteroatoms. The molecule has 0 aliphatic heterocycles. The van der Waals surface area contributed by atoms with Gasteiger partial charge in [-0.1, -0.05) is 12.1 Å². The molecule has 0 atom stereocenters. The maximum absolute atomic E-state index is 12.8. The van der Waals surface area contributed by atoms with E-state index in [1.807, 2.05) is 18.2 Å². The molecular weight excluding hydrogens is 290 g/mol. The van der Waals surface area contributed by atoms with Crippen LogP contribution in [0.15, 0.2) is 47.4 Å². The largest absolute Gasteiger partial charge is 0.364 e. The zero-order valence-electron chi connectivity index (χ0n) is 11.8. The quantitative estimate of drug-likeness (QED) is 0.779. The second-order valence-electron chi connectivity index (χ2n) is 5.11. The Hall–Kier alpha value is -2.70. The molecule has 0 saturated heterocycles. The van der Waals surface area contributed by atoms with Gasteiger partial charge < -0.3 is 10.3 Å². The maximum atomic E-state index is 12.8. The molecule has 2 aromatic heterocycles. The van der Waals surface area contributed by atoms with E-state index in [0.717, 1.165) is 18.0 Å². The second kappa shape index (κ2) is 5.25. The normalized spacial score (nSPS) is 11.8. The van der Waals surface area contributed by atoms with E-state index in [-0.39, 0.29) is 5.69 Å². The van der Waals surface area contributed by atoms with E-state index in [9.17, 15) is 13.6 Å². The third kappa shape index (κ3) is 2.83. The van der Waals surface area contributed by atoms with Gasteiger partial charge in [-0.15, -0.1) is 0 Å². The highest BCUT2D eigenvalue weighted by atomic mass is 19.3. The zero-order chi connectivity index (χ0) is 15.7. The lowest BCUT2D eigenvalue weighted by Crippen LogP contribution is -2.23. The smallest absolute Gasteiger partial charge is 0.331 e. The second-order valence-corrected chi connectivity index (χ2v) is 5.11. The number of nitrogens with zero attached hydrogens (tertiary/aromatic N) is 2. The highest BCUT2D eigenvalue weighted by molar-refractivity contribution is 5.77. The third-order valence-electron chi connectivity index (χ3n) is 3.18. The van der Waals surface area contributed by atoms with Crippen LogP contribution in [-0.2, 0) is 0 Å². The van der Waals surface area contributed by atoms with Crippen molar-refractivity contribution >= 4 is 16.9 Å². The van der Waals surface area contributed by atoms with Gasteiger partial charge in [-0.3, -0.25) is 4.57 Å². The first-order chi connectivity index (χ1) is 10.4. The van der Waals surface area contributed by atoms with Crippen molar-refractivity contribution in [3.05, 3.63) is 53.1 Å². The zero-order valence-corrected chi connectivity index (χ0v) is 11.8. The van der Waals surface area contributed by atoms with Crippen LogP contribution in [0, 0.1) is 0 Å². The van der Waals surface area contributed by atoms with E-state index >= 15 is 0 Å². The van der Waals surface area contributed by atoms with Gasteiger partial charge in [0.05, 0.1) is 29.5 Å². The number of halogens is 2. The van der Waals surface area contributed by atoms with Crippen molar-refractivity contribution in [3.8, 4) is 5.69 Å². The van der Waals surface area contributed by atoms with E-state index in [1.165, 1.54) is 10.8 Å². The van der Waals surface area contributed by atoms with Gasteiger partial charge in [-0.2, -0.15) is 0 Å². The van der Waals surface area contributed by atoms with Gasteiger partial charge in [0.15, 0.2) is 0 Å². The van der Waals surface area contributed by atoms with E-state index in [1.54, 1.807) is 18.2 Å². The summed E-state index contributed by atoms with van der Waals surface area (Å²) in [4.78, 5) is 18.9. The van der Waals surface area contributed by atoms with Gasteiger partial charge in [-0.05, 0) is 24.3 Å². The summed E-state index contributed by atoms with van der Waals surface area (Å²) in [5.41, 5.74) is 1.75. The Morgan fingerprint density at radius 3 is 2.73 bits per heavy atom. The Labute approximate surface area is 124 Å². The van der Waals surface area contributed by atoms with Crippen LogP contribution in [0.3, 0.4) is 0 Å². The SMILES string of the molecule is CC(F)(F)CNc1ccc(-n2c(=O)[nH]c3ccccc32)cn1. The summed E-state index contributed by atoms with van der Waals surface area (Å²) in [7, 11) is 0. The van der Waals surface area contributed by atoms with Crippen LogP contribution in [0.1, 0.15) is 6.92 Å². The molecule has 3 rings (SSSR count). The highest BCUT2D eigenvalue weighted by Crippen LogP contribution is 2.17. The van der Waals surface area contributed by atoms with E-state index in [0.29, 0.717) is 11.5 Å². The van der Waals surface area contributed by atoms with Crippen molar-refractivity contribution < 1.29 is 8.78 Å². The fourth-order valence-corrected chi connectivity index (χ4v) is 2.18. The molecule has 2 N–H and O–H groups in total. The number of aromatic nitrogens is 3. The maximum Gasteiger partial charge on any atom is 0.331 e. The van der Waals surface area contributed by atoms with Gasteiger partial charge in [0.2, 0.25) is 0 Å². The average Bonchev–Trinajstić information content (AvgIpc) is 2.81. The summed E-state index contributed by atoms with van der Waals surface area (Å²) in [5.74, 6) is -2.48. The summed E-state index contributed by atoms with van der Waals surface area (Å²) in [6.45, 7) is 0.340. The highest BCUT2D eigenvalue weighted by Gasteiger charge is 2.20. The lowest BCUT2D eigenvalue weighted by Gasteiger charge is -2.12. The Morgan fingerprint density at radius 2 is 2.05 bits per heavy atom. The van der Waals surface area contributed by atoms with Gasteiger partial charge in [0.25, 0.3) is 5.92 Å². The molecule has 0 aliphatic rings. The monoisotopic (exact) mass is 304 g/mol. The molecule has 0 spiro atoms. The Kier molecular flexibility index (Phi) is 3.40. The van der Waals surface area contributed by atoms with Crippen LogP contribution in [0.2, 0.25) is 0 Å². The minimum absolute atomic E-state index is 0.274. The number of hydrogen-bond acceptors (Lipinski definition) is 3. The fraction of sp³-hybridized carbons (Fsp3) is 0.200. The van der Waals surface area contributed by atoms with Crippen molar-refractivity contribution in [2.45, 2.75) is 12.8 Å². The van der Waals surface area contributed by atoms with E-state index in [4.69, 9.17) is 0 Å². The summed E-state index contributed by atoms with van der Waals surface area (Å²) in [6.07, 6.45) is 1.47. The summed E-state index contributed by atoms with van der Waals surface area (Å²) < 4.78 is 27.1. The molecule has 0 radical (unpaired) electrons. The van der Waals surface area contributed by atoms with Crippen LogP contribution in [0.5, 0.6) is 0 Å². The number of para-hydroxylation sites is 2. The van der Waals surface area contributed by atoms with Crippen molar-refractivity contribution in [1.82, 2.24) is 14.5 Å². The first-order valence-corrected chi connectivity index (χ1v) is 6.72. The van der Waals surface area contributed by atoms with Gasteiger partial charge in [0, 0.05) is 6.92 Å². The van der Waals surface area contributed by atoms with Gasteiger partial charge >= 0.3 is 5.69 Å². The number of aromatic amines is 1. The molecule has 0 aliphatic carbocycles.